The fourth-order valence-electron chi connectivity index (χ4n) is 3.30. The lowest BCUT2D eigenvalue weighted by Gasteiger charge is -2.35. The molecule has 0 saturated carbocycles. The zero-order valence-electron chi connectivity index (χ0n) is 15.6. The van der Waals surface area contributed by atoms with Gasteiger partial charge in [-0.25, -0.2) is 0 Å². The van der Waals surface area contributed by atoms with Crippen LogP contribution >= 0.6 is 0 Å². The van der Waals surface area contributed by atoms with E-state index in [0.29, 0.717) is 5.69 Å². The summed E-state index contributed by atoms with van der Waals surface area (Å²) in [7, 11) is 0. The van der Waals surface area contributed by atoms with E-state index in [4.69, 9.17) is 0 Å². The Bertz CT molecular complexity index is 882. The molecule has 1 fully saturated rings. The number of aryl methyl sites for hydroxylation is 1. The van der Waals surface area contributed by atoms with Crippen LogP contribution in [-0.4, -0.2) is 42.5 Å². The molecule has 2 aromatic carbocycles. The van der Waals surface area contributed by atoms with Crippen molar-refractivity contribution in [1.29, 1.82) is 5.26 Å². The topological polar surface area (TPSA) is 85.4 Å². The maximum absolute atomic E-state index is 10.9. The van der Waals surface area contributed by atoms with Gasteiger partial charge in [0.1, 0.15) is 6.07 Å². The van der Waals surface area contributed by atoms with Crippen LogP contribution in [0, 0.1) is 28.4 Å². The first-order valence-electron chi connectivity index (χ1n) is 9.05. The van der Waals surface area contributed by atoms with E-state index in [1.165, 1.54) is 17.8 Å². The average molecular weight is 365 g/mol. The summed E-state index contributed by atoms with van der Waals surface area (Å²) in [5, 5.41) is 23.4. The number of hydrogen-bond acceptors (Lipinski definition) is 6. The number of nitrogens with one attached hydrogen (secondary N) is 1. The Morgan fingerprint density at radius 3 is 2.44 bits per heavy atom. The van der Waals surface area contributed by atoms with Crippen LogP contribution in [-0.2, 0) is 0 Å². The minimum Gasteiger partial charge on any atom is -0.369 e. The van der Waals surface area contributed by atoms with Crippen LogP contribution < -0.4 is 10.2 Å². The van der Waals surface area contributed by atoms with Crippen LogP contribution in [0.5, 0.6) is 0 Å². The van der Waals surface area contributed by atoms with Gasteiger partial charge in [0.2, 0.25) is 0 Å². The first-order valence-corrected chi connectivity index (χ1v) is 9.05. The van der Waals surface area contributed by atoms with Crippen molar-refractivity contribution in [1.82, 2.24) is 4.90 Å². The molecule has 3 rings (SSSR count). The maximum Gasteiger partial charge on any atom is 0.270 e. The number of non-ortho nitro benzene ring substituents is 1. The molecule has 1 heterocycles. The highest BCUT2D eigenvalue weighted by molar-refractivity contribution is 5.72. The molecule has 1 N–H and O–H groups in total. The molecule has 1 saturated heterocycles. The molecule has 7 heteroatoms. The fourth-order valence-corrected chi connectivity index (χ4v) is 3.30. The lowest BCUT2D eigenvalue weighted by Crippen LogP contribution is -2.46. The van der Waals surface area contributed by atoms with Gasteiger partial charge in [-0.15, -0.1) is 0 Å². The van der Waals surface area contributed by atoms with Crippen molar-refractivity contribution in [3.63, 3.8) is 0 Å². The van der Waals surface area contributed by atoms with Crippen molar-refractivity contribution in [2.45, 2.75) is 13.8 Å². The number of nitro groups is 1. The van der Waals surface area contributed by atoms with Crippen molar-refractivity contribution in [2.24, 2.45) is 0 Å². The Balaban J connectivity index is 1.77. The molecule has 0 radical (unpaired) electrons. The van der Waals surface area contributed by atoms with E-state index in [1.807, 2.05) is 19.1 Å². The molecule has 7 nitrogen and oxygen atoms in total. The molecule has 0 aliphatic carbocycles. The quantitative estimate of drug-likeness (QED) is 0.643. The summed E-state index contributed by atoms with van der Waals surface area (Å²) in [5.41, 5.74) is 3.87. The van der Waals surface area contributed by atoms with E-state index >= 15 is 0 Å². The molecule has 1 aliphatic rings. The van der Waals surface area contributed by atoms with Gasteiger partial charge in [0.25, 0.3) is 5.69 Å². The monoisotopic (exact) mass is 365 g/mol. The SMILES string of the molecule is CCN1CCN(c2ccc(Nc3ccc([N+](=O)[O-])cc3C#N)c(C)c2)CC1. The molecule has 2 aromatic rings. The highest BCUT2D eigenvalue weighted by Crippen LogP contribution is 2.29. The van der Waals surface area contributed by atoms with Gasteiger partial charge in [-0.1, -0.05) is 6.92 Å². The second kappa shape index (κ2) is 8.06. The average Bonchev–Trinajstić information content (AvgIpc) is 2.69. The lowest BCUT2D eigenvalue weighted by atomic mass is 10.1. The van der Waals surface area contributed by atoms with E-state index in [-0.39, 0.29) is 11.3 Å². The van der Waals surface area contributed by atoms with Crippen LogP contribution in [0.2, 0.25) is 0 Å². The number of nitro benzene ring substituents is 1. The molecule has 27 heavy (non-hydrogen) atoms. The third-order valence-corrected chi connectivity index (χ3v) is 5.00. The fraction of sp³-hybridized carbons (Fsp3) is 0.350. The summed E-state index contributed by atoms with van der Waals surface area (Å²) in [6.07, 6.45) is 0. The smallest absolute Gasteiger partial charge is 0.270 e. The van der Waals surface area contributed by atoms with Gasteiger partial charge < -0.3 is 15.1 Å². The Morgan fingerprint density at radius 2 is 1.85 bits per heavy atom. The van der Waals surface area contributed by atoms with Crippen LogP contribution in [0.4, 0.5) is 22.7 Å². The first kappa shape index (κ1) is 18.7. The van der Waals surface area contributed by atoms with Crippen molar-refractivity contribution in [2.75, 3.05) is 42.9 Å². The summed E-state index contributed by atoms with van der Waals surface area (Å²) < 4.78 is 0. The lowest BCUT2D eigenvalue weighted by molar-refractivity contribution is -0.384. The molecular weight excluding hydrogens is 342 g/mol. The van der Waals surface area contributed by atoms with Crippen molar-refractivity contribution < 1.29 is 4.92 Å². The summed E-state index contributed by atoms with van der Waals surface area (Å²) in [5.74, 6) is 0. The molecule has 0 aromatic heterocycles. The van der Waals surface area contributed by atoms with Crippen molar-refractivity contribution >= 4 is 22.7 Å². The minimum atomic E-state index is -0.497. The normalized spacial score (nSPS) is 14.6. The predicted octanol–water partition coefficient (Wildman–Crippen LogP) is 3.66. The molecule has 0 atom stereocenters. The first-order chi connectivity index (χ1) is 13.0. The summed E-state index contributed by atoms with van der Waals surface area (Å²) in [4.78, 5) is 15.2. The Kier molecular flexibility index (Phi) is 5.57. The van der Waals surface area contributed by atoms with E-state index in [2.05, 4.69) is 34.2 Å². The standard InChI is InChI=1S/C20H23N5O2/c1-3-23-8-10-24(11-9-23)17-4-6-19(15(2)12-17)22-20-7-5-18(25(26)27)13-16(20)14-21/h4-7,12-13,22H,3,8-11H2,1-2H3. The third-order valence-electron chi connectivity index (χ3n) is 5.00. The maximum atomic E-state index is 10.9. The van der Waals surface area contributed by atoms with Gasteiger partial charge >= 0.3 is 0 Å². The zero-order chi connectivity index (χ0) is 19.4. The number of likely N-dealkylation sites (N-methyl/N-ethyl adjacent to an activating group) is 1. The van der Waals surface area contributed by atoms with E-state index < -0.39 is 4.92 Å². The number of benzene rings is 2. The molecule has 140 valence electrons. The van der Waals surface area contributed by atoms with Crippen LogP contribution in [0.15, 0.2) is 36.4 Å². The zero-order valence-corrected chi connectivity index (χ0v) is 15.6. The van der Waals surface area contributed by atoms with Gasteiger partial charge in [-0.3, -0.25) is 10.1 Å². The summed E-state index contributed by atoms with van der Waals surface area (Å²) in [6.45, 7) is 9.47. The minimum absolute atomic E-state index is 0.0876. The van der Waals surface area contributed by atoms with Gasteiger partial charge in [-0.2, -0.15) is 5.26 Å². The Labute approximate surface area is 159 Å². The van der Waals surface area contributed by atoms with Gasteiger partial charge in [0.15, 0.2) is 0 Å². The molecule has 0 spiro atoms. The largest absolute Gasteiger partial charge is 0.369 e. The Morgan fingerprint density at radius 1 is 1.15 bits per heavy atom. The second-order valence-electron chi connectivity index (χ2n) is 6.64. The van der Waals surface area contributed by atoms with Gasteiger partial charge in [0.05, 0.1) is 16.2 Å². The van der Waals surface area contributed by atoms with Crippen LogP contribution in [0.25, 0.3) is 0 Å². The number of rotatable bonds is 5. The molecule has 1 aliphatic heterocycles. The van der Waals surface area contributed by atoms with Crippen molar-refractivity contribution in [3.05, 3.63) is 57.6 Å². The van der Waals surface area contributed by atoms with Crippen LogP contribution in [0.3, 0.4) is 0 Å². The third kappa shape index (κ3) is 4.18. The highest BCUT2D eigenvalue weighted by Gasteiger charge is 2.17. The summed E-state index contributed by atoms with van der Waals surface area (Å²) >= 11 is 0. The number of nitrogens with zero attached hydrogens (tertiary/aromatic N) is 4. The number of anilines is 3. The van der Waals surface area contributed by atoms with Gasteiger partial charge in [-0.05, 0) is 43.3 Å². The highest BCUT2D eigenvalue weighted by atomic mass is 16.6. The van der Waals surface area contributed by atoms with Gasteiger partial charge in [0, 0.05) is 49.7 Å². The molecule has 0 amide bonds. The Hall–Kier alpha value is -3.11. The van der Waals surface area contributed by atoms with E-state index in [1.54, 1.807) is 6.07 Å². The van der Waals surface area contributed by atoms with Crippen molar-refractivity contribution in [3.8, 4) is 6.07 Å². The van der Waals surface area contributed by atoms with E-state index in [9.17, 15) is 15.4 Å². The predicted molar refractivity (Wildman–Crippen MR) is 107 cm³/mol. The molecule has 0 bridgehead atoms. The van der Waals surface area contributed by atoms with E-state index in [0.717, 1.165) is 44.0 Å². The second-order valence-corrected chi connectivity index (χ2v) is 6.64. The van der Waals surface area contributed by atoms with Crippen LogP contribution in [0.1, 0.15) is 18.1 Å². The molecular formula is C20H23N5O2. The number of hydrogen-bond donors (Lipinski definition) is 1. The molecule has 0 unspecified atom stereocenters. The summed E-state index contributed by atoms with van der Waals surface area (Å²) in [6, 6.07) is 12.5. The number of nitriles is 1. The number of piperazine rings is 1.